The van der Waals surface area contributed by atoms with Crippen LogP contribution in [0.4, 0.5) is 0 Å². The number of ether oxygens (including phenoxy) is 1. The van der Waals surface area contributed by atoms with Gasteiger partial charge in [0.25, 0.3) is 5.91 Å². The second kappa shape index (κ2) is 11.3. The summed E-state index contributed by atoms with van der Waals surface area (Å²) in [6, 6.07) is 23.8. The van der Waals surface area contributed by atoms with Crippen LogP contribution in [0.1, 0.15) is 16.7 Å². The molecule has 166 valence electrons. The minimum Gasteiger partial charge on any atom is -0.482 e. The number of likely N-dealkylation sites (N-methyl/N-ethyl adjacent to an activating group) is 1. The number of rotatable bonds is 9. The normalized spacial score (nSPS) is 11.5. The molecule has 0 aromatic heterocycles. The Hall–Kier alpha value is -3.31. The highest BCUT2D eigenvalue weighted by molar-refractivity contribution is 6.32. The van der Waals surface area contributed by atoms with Gasteiger partial charge in [-0.2, -0.15) is 0 Å². The third-order valence-corrected chi connectivity index (χ3v) is 5.62. The number of nitrogens with zero attached hydrogens (tertiary/aromatic N) is 1. The predicted octanol–water partition coefficient (Wildman–Crippen LogP) is 4.41. The van der Waals surface area contributed by atoms with Crippen LogP contribution < -0.4 is 10.1 Å². The van der Waals surface area contributed by atoms with Crippen molar-refractivity contribution in [2.45, 2.75) is 25.9 Å². The number of aryl methyl sites for hydroxylation is 1. The molecular weight excluding hydrogens is 424 g/mol. The highest BCUT2D eigenvalue weighted by Gasteiger charge is 2.30. The van der Waals surface area contributed by atoms with Crippen LogP contribution in [0.25, 0.3) is 0 Å². The van der Waals surface area contributed by atoms with E-state index < -0.39 is 6.04 Å². The lowest BCUT2D eigenvalue weighted by atomic mass is 10.0. The molecule has 5 nitrogen and oxygen atoms in total. The quantitative estimate of drug-likeness (QED) is 0.525. The van der Waals surface area contributed by atoms with Gasteiger partial charge in [0.2, 0.25) is 5.91 Å². The molecule has 0 bridgehead atoms. The summed E-state index contributed by atoms with van der Waals surface area (Å²) in [5, 5.41) is 3.14. The number of halogens is 1. The lowest BCUT2D eigenvalue weighted by Gasteiger charge is -2.31. The van der Waals surface area contributed by atoms with Gasteiger partial charge in [0.1, 0.15) is 11.8 Å². The Morgan fingerprint density at radius 1 is 0.969 bits per heavy atom. The Morgan fingerprint density at radius 3 is 2.31 bits per heavy atom. The molecule has 0 unspecified atom stereocenters. The lowest BCUT2D eigenvalue weighted by molar-refractivity contribution is -0.142. The van der Waals surface area contributed by atoms with E-state index in [-0.39, 0.29) is 18.4 Å². The molecular formula is C26H27ClN2O3. The van der Waals surface area contributed by atoms with Gasteiger partial charge in [-0.3, -0.25) is 9.59 Å². The summed E-state index contributed by atoms with van der Waals surface area (Å²) in [7, 11) is 1.58. The molecule has 3 rings (SSSR count). The molecule has 1 atom stereocenters. The van der Waals surface area contributed by atoms with Crippen LogP contribution in [-0.2, 0) is 22.6 Å². The van der Waals surface area contributed by atoms with Crippen molar-refractivity contribution in [2.24, 2.45) is 0 Å². The zero-order chi connectivity index (χ0) is 22.9. The average molecular weight is 451 g/mol. The van der Waals surface area contributed by atoms with Crippen molar-refractivity contribution in [1.29, 1.82) is 0 Å². The van der Waals surface area contributed by atoms with Gasteiger partial charge in [0.05, 0.1) is 5.02 Å². The SMILES string of the molecule is CNC(=O)[C@@H](Cc1ccccc1)N(Cc1ccccc1C)C(=O)COc1ccccc1Cl. The van der Waals surface area contributed by atoms with Crippen molar-refractivity contribution >= 4 is 23.4 Å². The van der Waals surface area contributed by atoms with Crippen LogP contribution in [0.5, 0.6) is 5.75 Å². The molecule has 0 saturated carbocycles. The maximum absolute atomic E-state index is 13.4. The summed E-state index contributed by atoms with van der Waals surface area (Å²) in [6.07, 6.45) is 0.393. The molecule has 1 N–H and O–H groups in total. The predicted molar refractivity (Wildman–Crippen MR) is 127 cm³/mol. The number of benzene rings is 3. The van der Waals surface area contributed by atoms with Crippen molar-refractivity contribution in [1.82, 2.24) is 10.2 Å². The molecule has 0 radical (unpaired) electrons. The molecule has 3 aromatic carbocycles. The van der Waals surface area contributed by atoms with Crippen LogP contribution in [0, 0.1) is 6.92 Å². The molecule has 2 amide bonds. The van der Waals surface area contributed by atoms with Crippen molar-refractivity contribution < 1.29 is 14.3 Å². The van der Waals surface area contributed by atoms with E-state index in [9.17, 15) is 9.59 Å². The Labute approximate surface area is 194 Å². The van der Waals surface area contributed by atoms with Crippen molar-refractivity contribution in [2.75, 3.05) is 13.7 Å². The molecule has 0 spiro atoms. The first kappa shape index (κ1) is 23.4. The molecule has 0 saturated heterocycles. The minimum absolute atomic E-state index is 0.224. The molecule has 0 fully saturated rings. The van der Waals surface area contributed by atoms with Crippen LogP contribution in [0.15, 0.2) is 78.9 Å². The van der Waals surface area contributed by atoms with Gasteiger partial charge in [0, 0.05) is 20.0 Å². The van der Waals surface area contributed by atoms with E-state index in [4.69, 9.17) is 16.3 Å². The smallest absolute Gasteiger partial charge is 0.261 e. The molecule has 0 aliphatic carbocycles. The van der Waals surface area contributed by atoms with E-state index in [1.54, 1.807) is 36.2 Å². The third-order valence-electron chi connectivity index (χ3n) is 5.31. The number of carbonyl (C=O) groups excluding carboxylic acids is 2. The van der Waals surface area contributed by atoms with E-state index in [2.05, 4.69) is 5.32 Å². The van der Waals surface area contributed by atoms with Crippen molar-refractivity contribution in [3.05, 3.63) is 101 Å². The first-order valence-corrected chi connectivity index (χ1v) is 10.8. The molecule has 3 aromatic rings. The maximum atomic E-state index is 13.4. The monoisotopic (exact) mass is 450 g/mol. The molecule has 0 aliphatic heterocycles. The summed E-state index contributed by atoms with van der Waals surface area (Å²) in [6.45, 7) is 2.06. The van der Waals surface area contributed by atoms with Crippen molar-refractivity contribution in [3.63, 3.8) is 0 Å². The second-order valence-electron chi connectivity index (χ2n) is 7.49. The Morgan fingerprint density at radius 2 is 1.62 bits per heavy atom. The number of carbonyl (C=O) groups is 2. The number of para-hydroxylation sites is 1. The van der Waals surface area contributed by atoms with Crippen molar-refractivity contribution in [3.8, 4) is 5.75 Å². The van der Waals surface area contributed by atoms with Gasteiger partial charge < -0.3 is 15.0 Å². The lowest BCUT2D eigenvalue weighted by Crippen LogP contribution is -2.51. The van der Waals surface area contributed by atoms with E-state index in [1.165, 1.54) is 0 Å². The first-order valence-electron chi connectivity index (χ1n) is 10.5. The first-order chi connectivity index (χ1) is 15.5. The van der Waals surface area contributed by atoms with E-state index in [0.29, 0.717) is 23.7 Å². The number of amides is 2. The van der Waals surface area contributed by atoms with Crippen LogP contribution in [0.3, 0.4) is 0 Å². The fourth-order valence-electron chi connectivity index (χ4n) is 3.48. The maximum Gasteiger partial charge on any atom is 0.261 e. The summed E-state index contributed by atoms with van der Waals surface area (Å²) in [5.74, 6) is -0.0934. The van der Waals surface area contributed by atoms with Gasteiger partial charge in [-0.05, 0) is 35.7 Å². The topological polar surface area (TPSA) is 58.6 Å². The Balaban J connectivity index is 1.89. The van der Waals surface area contributed by atoms with Crippen LogP contribution >= 0.6 is 11.6 Å². The Bertz CT molecular complexity index is 1060. The van der Waals surface area contributed by atoms with E-state index in [1.807, 2.05) is 61.5 Å². The number of hydrogen-bond acceptors (Lipinski definition) is 3. The summed E-state index contributed by atoms with van der Waals surface area (Å²) >= 11 is 6.17. The summed E-state index contributed by atoms with van der Waals surface area (Å²) < 4.78 is 5.71. The van der Waals surface area contributed by atoms with Gasteiger partial charge in [0.15, 0.2) is 6.61 Å². The summed E-state index contributed by atoms with van der Waals surface area (Å²) in [4.78, 5) is 27.9. The standard InChI is InChI=1S/C26H27ClN2O3/c1-19-10-6-7-13-21(19)17-29(25(30)18-32-24-15-9-8-14-22(24)27)23(26(31)28-2)16-20-11-4-3-5-12-20/h3-15,23H,16-18H2,1-2H3,(H,28,31)/t23-/m1/s1. The van der Waals surface area contributed by atoms with Gasteiger partial charge in [-0.1, -0.05) is 78.3 Å². The largest absolute Gasteiger partial charge is 0.482 e. The number of nitrogens with one attached hydrogen (secondary N) is 1. The number of hydrogen-bond donors (Lipinski definition) is 1. The van der Waals surface area contributed by atoms with E-state index >= 15 is 0 Å². The molecule has 32 heavy (non-hydrogen) atoms. The molecule has 0 heterocycles. The van der Waals surface area contributed by atoms with Gasteiger partial charge >= 0.3 is 0 Å². The minimum atomic E-state index is -0.690. The zero-order valence-electron chi connectivity index (χ0n) is 18.3. The van der Waals surface area contributed by atoms with Gasteiger partial charge in [-0.25, -0.2) is 0 Å². The second-order valence-corrected chi connectivity index (χ2v) is 7.89. The highest BCUT2D eigenvalue weighted by atomic mass is 35.5. The third kappa shape index (κ3) is 6.11. The fraction of sp³-hybridized carbons (Fsp3) is 0.231. The zero-order valence-corrected chi connectivity index (χ0v) is 19.0. The Kier molecular flexibility index (Phi) is 8.28. The highest BCUT2D eigenvalue weighted by Crippen LogP contribution is 2.23. The molecule has 0 aliphatic rings. The molecule has 6 heteroatoms. The summed E-state index contributed by atoms with van der Waals surface area (Å²) in [5.41, 5.74) is 2.99. The van der Waals surface area contributed by atoms with E-state index in [0.717, 1.165) is 16.7 Å². The van der Waals surface area contributed by atoms with Crippen LogP contribution in [-0.4, -0.2) is 36.4 Å². The average Bonchev–Trinajstić information content (AvgIpc) is 2.82. The van der Waals surface area contributed by atoms with Gasteiger partial charge in [-0.15, -0.1) is 0 Å². The fourth-order valence-corrected chi connectivity index (χ4v) is 3.67. The van der Waals surface area contributed by atoms with Crippen LogP contribution in [0.2, 0.25) is 5.02 Å².